The number of hydrogen-bond donors (Lipinski definition) is 0. The number of fused-ring (bicyclic) bond motifs is 1. The van der Waals surface area contributed by atoms with Crippen molar-refractivity contribution in [2.45, 2.75) is 60.7 Å². The molecule has 9 nitrogen and oxygen atoms in total. The fourth-order valence-electron chi connectivity index (χ4n) is 5.74. The third-order valence-corrected chi connectivity index (χ3v) is 9.81. The van der Waals surface area contributed by atoms with Gasteiger partial charge in [0.05, 0.1) is 30.1 Å². The van der Waals surface area contributed by atoms with Gasteiger partial charge < -0.3 is 23.7 Å². The molecule has 0 aliphatic carbocycles. The van der Waals surface area contributed by atoms with Crippen molar-refractivity contribution in [2.75, 3.05) is 33.4 Å². The topological polar surface area (TPSA) is 101 Å². The number of piperidine rings is 1. The van der Waals surface area contributed by atoms with Gasteiger partial charge in [-0.3, -0.25) is 9.69 Å². The standard InChI is InChI=1S/C28H35NO8S/c1-3-34-26(30)19-14-16-29(17-15-19)23-25(38(31,32)21-12-8-5-9-13-21)24-22(36-28(23)33-2)18-35-27(37-24)20-10-6-4-7-11-20/h4-13,19,22-25,27-28H,3,14-18H2,1-2H3/t22-,23-,24-,25-,27-,28+/m1/s1. The first-order valence-electron chi connectivity index (χ1n) is 13.1. The van der Waals surface area contributed by atoms with Crippen molar-refractivity contribution >= 4 is 15.8 Å². The Morgan fingerprint density at radius 1 is 1.00 bits per heavy atom. The molecule has 3 saturated heterocycles. The smallest absolute Gasteiger partial charge is 0.309 e. The molecule has 0 amide bonds. The van der Waals surface area contributed by atoms with Gasteiger partial charge in [-0.05, 0) is 45.0 Å². The summed E-state index contributed by atoms with van der Waals surface area (Å²) < 4.78 is 58.3. The Labute approximate surface area is 223 Å². The maximum absolute atomic E-state index is 14.3. The molecular weight excluding hydrogens is 510 g/mol. The molecule has 0 unspecified atom stereocenters. The zero-order valence-electron chi connectivity index (χ0n) is 21.7. The largest absolute Gasteiger partial charge is 0.466 e. The van der Waals surface area contributed by atoms with Crippen LogP contribution in [0, 0.1) is 5.92 Å². The second-order valence-electron chi connectivity index (χ2n) is 9.83. The third-order valence-electron chi connectivity index (χ3n) is 7.61. The highest BCUT2D eigenvalue weighted by molar-refractivity contribution is 7.92. The average Bonchev–Trinajstić information content (AvgIpc) is 2.97. The van der Waals surface area contributed by atoms with Crippen molar-refractivity contribution < 1.29 is 36.9 Å². The number of ether oxygens (including phenoxy) is 5. The number of esters is 1. The molecule has 0 bridgehead atoms. The summed E-state index contributed by atoms with van der Waals surface area (Å²) in [6.45, 7) is 3.32. The molecule has 0 radical (unpaired) electrons. The Balaban J connectivity index is 1.50. The van der Waals surface area contributed by atoms with Crippen molar-refractivity contribution in [3.63, 3.8) is 0 Å². The Bertz CT molecular complexity index is 1170. The van der Waals surface area contributed by atoms with Gasteiger partial charge in [0.2, 0.25) is 0 Å². The number of rotatable bonds is 7. The molecule has 0 aromatic heterocycles. The van der Waals surface area contributed by atoms with Crippen LogP contribution in [-0.4, -0.2) is 82.5 Å². The number of carbonyl (C=O) groups is 1. The van der Waals surface area contributed by atoms with Crippen LogP contribution >= 0.6 is 0 Å². The lowest BCUT2D eigenvalue weighted by Crippen LogP contribution is -2.69. The predicted octanol–water partition coefficient (Wildman–Crippen LogP) is 2.96. The van der Waals surface area contributed by atoms with Crippen LogP contribution in [0.5, 0.6) is 0 Å². The van der Waals surface area contributed by atoms with E-state index in [4.69, 9.17) is 23.7 Å². The van der Waals surface area contributed by atoms with Crippen molar-refractivity contribution in [1.29, 1.82) is 0 Å². The van der Waals surface area contributed by atoms with E-state index >= 15 is 0 Å². The Hall–Kier alpha value is -2.34. The van der Waals surface area contributed by atoms with Crippen LogP contribution in [0.15, 0.2) is 65.6 Å². The first kappa shape index (κ1) is 27.2. The molecule has 38 heavy (non-hydrogen) atoms. The van der Waals surface area contributed by atoms with Gasteiger partial charge in [-0.15, -0.1) is 0 Å². The molecule has 3 aliphatic rings. The molecule has 0 spiro atoms. The molecule has 5 rings (SSSR count). The van der Waals surface area contributed by atoms with Crippen LogP contribution < -0.4 is 0 Å². The summed E-state index contributed by atoms with van der Waals surface area (Å²) in [4.78, 5) is 14.6. The van der Waals surface area contributed by atoms with Gasteiger partial charge in [0.15, 0.2) is 22.4 Å². The highest BCUT2D eigenvalue weighted by Gasteiger charge is 2.57. The predicted molar refractivity (Wildman–Crippen MR) is 138 cm³/mol. The summed E-state index contributed by atoms with van der Waals surface area (Å²) in [5.41, 5.74) is 0.808. The molecule has 2 aromatic rings. The third kappa shape index (κ3) is 5.38. The Morgan fingerprint density at radius 2 is 1.66 bits per heavy atom. The molecule has 10 heteroatoms. The molecule has 206 valence electrons. The van der Waals surface area contributed by atoms with Crippen LogP contribution in [0.2, 0.25) is 0 Å². The van der Waals surface area contributed by atoms with Crippen LogP contribution in [0.4, 0.5) is 0 Å². The number of sulfone groups is 1. The maximum atomic E-state index is 14.3. The van der Waals surface area contributed by atoms with E-state index in [-0.39, 0.29) is 23.4 Å². The van der Waals surface area contributed by atoms with E-state index in [1.54, 1.807) is 37.3 Å². The Kier molecular flexibility index (Phi) is 8.47. The summed E-state index contributed by atoms with van der Waals surface area (Å²) in [6.07, 6.45) is -1.83. The SMILES string of the molecule is CCOC(=O)C1CCN([C@H]2[C@@H](OC)O[C@@H]3CO[C@@H](c4ccccc4)O[C@H]3[C@@H]2S(=O)(=O)c2ccccc2)CC1. The van der Waals surface area contributed by atoms with E-state index in [0.29, 0.717) is 32.5 Å². The van der Waals surface area contributed by atoms with E-state index in [2.05, 4.69) is 4.90 Å². The number of benzene rings is 2. The van der Waals surface area contributed by atoms with Crippen LogP contribution in [-0.2, 0) is 38.3 Å². The summed E-state index contributed by atoms with van der Waals surface area (Å²) in [5, 5.41) is -0.983. The molecule has 6 atom stereocenters. The number of nitrogens with zero attached hydrogens (tertiary/aromatic N) is 1. The highest BCUT2D eigenvalue weighted by Crippen LogP contribution is 2.41. The van der Waals surface area contributed by atoms with Crippen molar-refractivity contribution in [2.24, 2.45) is 5.92 Å². The van der Waals surface area contributed by atoms with Crippen molar-refractivity contribution in [3.8, 4) is 0 Å². The number of hydrogen-bond acceptors (Lipinski definition) is 9. The van der Waals surface area contributed by atoms with Gasteiger partial charge in [-0.1, -0.05) is 48.5 Å². The van der Waals surface area contributed by atoms with E-state index in [1.165, 1.54) is 7.11 Å². The van der Waals surface area contributed by atoms with Crippen molar-refractivity contribution in [1.82, 2.24) is 4.90 Å². The van der Waals surface area contributed by atoms with E-state index in [0.717, 1.165) is 5.56 Å². The molecule has 2 aromatic carbocycles. The first-order valence-corrected chi connectivity index (χ1v) is 14.7. The van der Waals surface area contributed by atoms with E-state index in [1.807, 2.05) is 30.3 Å². The van der Waals surface area contributed by atoms with E-state index < -0.39 is 45.9 Å². The van der Waals surface area contributed by atoms with Crippen LogP contribution in [0.25, 0.3) is 0 Å². The Morgan fingerprint density at radius 3 is 2.29 bits per heavy atom. The molecule has 3 fully saturated rings. The zero-order valence-corrected chi connectivity index (χ0v) is 22.5. The minimum atomic E-state index is -3.89. The zero-order chi connectivity index (χ0) is 26.7. The normalized spacial score (nSPS) is 30.9. The average molecular weight is 546 g/mol. The molecular formula is C28H35NO8S. The van der Waals surface area contributed by atoms with Gasteiger partial charge in [-0.25, -0.2) is 8.42 Å². The maximum Gasteiger partial charge on any atom is 0.309 e. The number of carbonyl (C=O) groups excluding carboxylic acids is 1. The quantitative estimate of drug-likeness (QED) is 0.486. The highest BCUT2D eigenvalue weighted by atomic mass is 32.2. The van der Waals surface area contributed by atoms with Crippen molar-refractivity contribution in [3.05, 3.63) is 66.2 Å². The summed E-state index contributed by atoms with van der Waals surface area (Å²) >= 11 is 0. The minimum absolute atomic E-state index is 0.169. The second kappa shape index (κ2) is 11.8. The van der Waals surface area contributed by atoms with Gasteiger partial charge in [0.1, 0.15) is 17.5 Å². The summed E-state index contributed by atoms with van der Waals surface area (Å²) in [7, 11) is -2.37. The monoisotopic (exact) mass is 545 g/mol. The van der Waals surface area contributed by atoms with Gasteiger partial charge in [0, 0.05) is 12.7 Å². The molecule has 3 heterocycles. The fourth-order valence-corrected chi connectivity index (χ4v) is 7.85. The number of methoxy groups -OCH3 is 1. The number of likely N-dealkylation sites (tertiary alicyclic amines) is 1. The fraction of sp³-hybridized carbons (Fsp3) is 0.536. The lowest BCUT2D eigenvalue weighted by Gasteiger charge is -2.52. The summed E-state index contributed by atoms with van der Waals surface area (Å²) in [6, 6.07) is 17.3. The lowest BCUT2D eigenvalue weighted by molar-refractivity contribution is -0.325. The van der Waals surface area contributed by atoms with Crippen LogP contribution in [0.1, 0.15) is 31.6 Å². The lowest BCUT2D eigenvalue weighted by atomic mass is 9.92. The first-order chi connectivity index (χ1) is 18.4. The van der Waals surface area contributed by atoms with Gasteiger partial charge in [0.25, 0.3) is 0 Å². The van der Waals surface area contributed by atoms with E-state index in [9.17, 15) is 13.2 Å². The van der Waals surface area contributed by atoms with Gasteiger partial charge in [-0.2, -0.15) is 0 Å². The minimum Gasteiger partial charge on any atom is -0.466 e. The molecule has 3 aliphatic heterocycles. The molecule has 0 N–H and O–H groups in total. The van der Waals surface area contributed by atoms with Gasteiger partial charge >= 0.3 is 5.97 Å². The van der Waals surface area contributed by atoms with Crippen LogP contribution in [0.3, 0.4) is 0 Å². The summed E-state index contributed by atoms with van der Waals surface area (Å²) in [5.74, 6) is -0.419. The second-order valence-corrected chi connectivity index (χ2v) is 11.9. The molecule has 0 saturated carbocycles.